The van der Waals surface area contributed by atoms with Crippen LogP contribution in [0.25, 0.3) is 6.08 Å². The van der Waals surface area contributed by atoms with Gasteiger partial charge >= 0.3 is 0 Å². The minimum atomic E-state index is 0.454. The average molecular weight is 240 g/mol. The van der Waals surface area contributed by atoms with Crippen LogP contribution in [0.1, 0.15) is 11.1 Å². The van der Waals surface area contributed by atoms with Crippen molar-refractivity contribution in [3.63, 3.8) is 0 Å². The Morgan fingerprint density at radius 1 is 1.28 bits per heavy atom. The number of hydrogen-bond acceptors (Lipinski definition) is 3. The first-order chi connectivity index (χ1) is 8.75. The number of aryl methyl sites for hydroxylation is 1. The largest absolute Gasteiger partial charge is 0.472 e. The maximum Gasteiger partial charge on any atom is 0.237 e. The molecule has 0 fully saturated rings. The minimum Gasteiger partial charge on any atom is -0.472 e. The quantitative estimate of drug-likeness (QED) is 0.893. The molecule has 0 atom stereocenters. The molecule has 0 radical (unpaired) electrons. The number of nitrogens with two attached hydrogens (primary N) is 1. The van der Waals surface area contributed by atoms with Gasteiger partial charge in [0.1, 0.15) is 6.61 Å². The Hall–Kier alpha value is -2.29. The van der Waals surface area contributed by atoms with Crippen molar-refractivity contribution in [3.05, 3.63) is 59.8 Å². The number of rotatable bonds is 4. The molecule has 0 amide bonds. The summed E-state index contributed by atoms with van der Waals surface area (Å²) in [4.78, 5) is 4.14. The van der Waals surface area contributed by atoms with Crippen LogP contribution >= 0.6 is 0 Å². The van der Waals surface area contributed by atoms with E-state index in [0.717, 1.165) is 11.1 Å². The summed E-state index contributed by atoms with van der Waals surface area (Å²) in [7, 11) is 0. The predicted molar refractivity (Wildman–Crippen MR) is 74.4 cm³/mol. The first-order valence-corrected chi connectivity index (χ1v) is 5.82. The molecule has 0 aliphatic carbocycles. The molecule has 2 N–H and O–H groups in total. The van der Waals surface area contributed by atoms with Crippen molar-refractivity contribution >= 4 is 11.8 Å². The van der Waals surface area contributed by atoms with Gasteiger partial charge in [0.15, 0.2) is 0 Å². The molecule has 0 aliphatic rings. The zero-order valence-corrected chi connectivity index (χ0v) is 10.3. The van der Waals surface area contributed by atoms with Crippen LogP contribution in [0.15, 0.2) is 48.7 Å². The fraction of sp³-hybridized carbons (Fsp3) is 0.133. The third kappa shape index (κ3) is 3.35. The van der Waals surface area contributed by atoms with Gasteiger partial charge in [0, 0.05) is 6.20 Å². The average Bonchev–Trinajstić information content (AvgIpc) is 2.38. The van der Waals surface area contributed by atoms with Crippen LogP contribution < -0.4 is 10.5 Å². The molecule has 0 unspecified atom stereocenters. The van der Waals surface area contributed by atoms with Crippen LogP contribution in [0.3, 0.4) is 0 Å². The first kappa shape index (κ1) is 12.2. The number of pyridine rings is 1. The van der Waals surface area contributed by atoms with E-state index < -0.39 is 0 Å². The Morgan fingerprint density at radius 2 is 2.06 bits per heavy atom. The van der Waals surface area contributed by atoms with Crippen LogP contribution in [0.2, 0.25) is 0 Å². The highest BCUT2D eigenvalue weighted by Gasteiger charge is 2.00. The Labute approximate surface area is 107 Å². The normalized spacial score (nSPS) is 10.7. The van der Waals surface area contributed by atoms with Crippen molar-refractivity contribution in [1.29, 1.82) is 0 Å². The van der Waals surface area contributed by atoms with Crippen molar-refractivity contribution < 1.29 is 4.74 Å². The summed E-state index contributed by atoms with van der Waals surface area (Å²) in [6.45, 7) is 2.40. The molecule has 2 aromatic rings. The first-order valence-electron chi connectivity index (χ1n) is 5.82. The van der Waals surface area contributed by atoms with Crippen LogP contribution in [0.4, 0.5) is 5.69 Å². The SMILES string of the molecule is Cc1cnc(OC/C=C/c2ccccc2)c(N)c1. The maximum absolute atomic E-state index is 5.80. The Bertz CT molecular complexity index is 535. The smallest absolute Gasteiger partial charge is 0.237 e. The second-order valence-electron chi connectivity index (χ2n) is 4.03. The lowest BCUT2D eigenvalue weighted by Crippen LogP contribution is -2.00. The van der Waals surface area contributed by atoms with Gasteiger partial charge in [-0.2, -0.15) is 0 Å². The lowest BCUT2D eigenvalue weighted by atomic mass is 10.2. The van der Waals surface area contributed by atoms with Gasteiger partial charge in [-0.3, -0.25) is 0 Å². The standard InChI is InChI=1S/C15H16N2O/c1-12-10-14(16)15(17-11-12)18-9-5-8-13-6-3-2-4-7-13/h2-8,10-11H,9,16H2,1H3/b8-5+. The van der Waals surface area contributed by atoms with Crippen LogP contribution in [0, 0.1) is 6.92 Å². The molecule has 0 saturated heterocycles. The molecule has 0 bridgehead atoms. The molecule has 2 rings (SSSR count). The summed E-state index contributed by atoms with van der Waals surface area (Å²) < 4.78 is 5.49. The molecule has 0 spiro atoms. The number of ether oxygens (including phenoxy) is 1. The summed E-state index contributed by atoms with van der Waals surface area (Å²) in [5.74, 6) is 0.485. The molecule has 1 heterocycles. The van der Waals surface area contributed by atoms with E-state index in [1.165, 1.54) is 0 Å². The molecule has 92 valence electrons. The highest BCUT2D eigenvalue weighted by Crippen LogP contribution is 2.18. The number of aromatic nitrogens is 1. The Kier molecular flexibility index (Phi) is 3.97. The third-order valence-electron chi connectivity index (χ3n) is 2.44. The number of hydrogen-bond donors (Lipinski definition) is 1. The maximum atomic E-state index is 5.80. The Morgan fingerprint density at radius 3 is 2.78 bits per heavy atom. The van der Waals surface area contributed by atoms with E-state index >= 15 is 0 Å². The van der Waals surface area contributed by atoms with E-state index in [1.807, 2.05) is 55.5 Å². The van der Waals surface area contributed by atoms with Crippen molar-refractivity contribution in [2.24, 2.45) is 0 Å². The van der Waals surface area contributed by atoms with Gasteiger partial charge in [0.25, 0.3) is 0 Å². The molecule has 0 aliphatic heterocycles. The third-order valence-corrected chi connectivity index (χ3v) is 2.44. The number of nitrogen functional groups attached to an aromatic ring is 1. The van der Waals surface area contributed by atoms with Gasteiger partial charge < -0.3 is 10.5 Å². The molecular formula is C15H16N2O. The Balaban J connectivity index is 1.91. The van der Waals surface area contributed by atoms with Gasteiger partial charge in [-0.05, 0) is 30.2 Å². The minimum absolute atomic E-state index is 0.454. The molecule has 1 aromatic heterocycles. The van der Waals surface area contributed by atoms with E-state index in [4.69, 9.17) is 10.5 Å². The molecular weight excluding hydrogens is 224 g/mol. The van der Waals surface area contributed by atoms with Crippen molar-refractivity contribution in [2.45, 2.75) is 6.92 Å². The van der Waals surface area contributed by atoms with E-state index in [9.17, 15) is 0 Å². The van der Waals surface area contributed by atoms with E-state index in [0.29, 0.717) is 18.2 Å². The summed E-state index contributed by atoms with van der Waals surface area (Å²) in [5.41, 5.74) is 8.55. The number of anilines is 1. The van der Waals surface area contributed by atoms with Gasteiger partial charge in [0.2, 0.25) is 5.88 Å². The topological polar surface area (TPSA) is 48.1 Å². The summed E-state index contributed by atoms with van der Waals surface area (Å²) in [6.07, 6.45) is 5.69. The molecule has 18 heavy (non-hydrogen) atoms. The monoisotopic (exact) mass is 240 g/mol. The molecule has 3 heteroatoms. The van der Waals surface area contributed by atoms with Gasteiger partial charge in [0.05, 0.1) is 5.69 Å². The number of nitrogens with zero attached hydrogens (tertiary/aromatic N) is 1. The summed E-state index contributed by atoms with van der Waals surface area (Å²) in [6, 6.07) is 11.9. The number of benzene rings is 1. The zero-order valence-electron chi connectivity index (χ0n) is 10.3. The van der Waals surface area contributed by atoms with Crippen LogP contribution in [-0.2, 0) is 0 Å². The summed E-state index contributed by atoms with van der Waals surface area (Å²) >= 11 is 0. The predicted octanol–water partition coefficient (Wildman–Crippen LogP) is 3.06. The van der Waals surface area contributed by atoms with Gasteiger partial charge in [-0.15, -0.1) is 0 Å². The van der Waals surface area contributed by atoms with Crippen molar-refractivity contribution in [3.8, 4) is 5.88 Å². The second-order valence-corrected chi connectivity index (χ2v) is 4.03. The van der Waals surface area contributed by atoms with Crippen molar-refractivity contribution in [2.75, 3.05) is 12.3 Å². The van der Waals surface area contributed by atoms with E-state index in [-0.39, 0.29) is 0 Å². The lowest BCUT2D eigenvalue weighted by Gasteiger charge is -2.05. The highest BCUT2D eigenvalue weighted by molar-refractivity contribution is 5.50. The lowest BCUT2D eigenvalue weighted by molar-refractivity contribution is 0.351. The summed E-state index contributed by atoms with van der Waals surface area (Å²) in [5, 5.41) is 0. The highest BCUT2D eigenvalue weighted by atomic mass is 16.5. The van der Waals surface area contributed by atoms with Crippen molar-refractivity contribution in [1.82, 2.24) is 4.98 Å². The molecule has 0 saturated carbocycles. The van der Waals surface area contributed by atoms with E-state index in [1.54, 1.807) is 6.20 Å². The fourth-order valence-corrected chi connectivity index (χ4v) is 1.58. The van der Waals surface area contributed by atoms with E-state index in [2.05, 4.69) is 4.98 Å². The second kappa shape index (κ2) is 5.87. The molecule has 1 aromatic carbocycles. The fourth-order valence-electron chi connectivity index (χ4n) is 1.58. The van der Waals surface area contributed by atoms with Crippen LogP contribution in [0.5, 0.6) is 5.88 Å². The van der Waals surface area contributed by atoms with Crippen LogP contribution in [-0.4, -0.2) is 11.6 Å². The van der Waals surface area contributed by atoms with Gasteiger partial charge in [-0.25, -0.2) is 4.98 Å². The molecule has 3 nitrogen and oxygen atoms in total. The van der Waals surface area contributed by atoms with Gasteiger partial charge in [-0.1, -0.05) is 36.4 Å². The zero-order chi connectivity index (χ0) is 12.8.